The van der Waals surface area contributed by atoms with Crippen LogP contribution in [-0.2, 0) is 16.4 Å². The molecule has 1 saturated heterocycles. The lowest BCUT2D eigenvalue weighted by molar-refractivity contribution is 0.187. The number of likely N-dealkylation sites (tertiary alicyclic amines) is 1. The molecule has 31 aromatic rings. The molecule has 348 valence electrons. The molecule has 0 N–H and O–H groups in total. The van der Waals surface area contributed by atoms with Crippen LogP contribution in [0.5, 0.6) is 0 Å². The predicted octanol–water partition coefficient (Wildman–Crippen LogP) is 20.6. The lowest BCUT2D eigenvalue weighted by Crippen LogP contribution is -2.51. The van der Waals surface area contributed by atoms with Crippen LogP contribution in [-0.4, -0.2) is 18.0 Å². The molecule has 82 heavy (non-hydrogen) atoms. The second-order valence-electron chi connectivity index (χ2n) is 29.2. The van der Waals surface area contributed by atoms with E-state index in [2.05, 4.69) is 95.9 Å². The summed E-state index contributed by atoms with van der Waals surface area (Å²) in [6.07, 6.45) is 0. The largest absolute Gasteiger partial charge is 0.284 e. The highest BCUT2D eigenvalue weighted by atomic mass is 15.3. The highest BCUT2D eigenvalue weighted by Gasteiger charge is 2.74. The molecule has 1 heteroatoms. The van der Waals surface area contributed by atoms with E-state index >= 15 is 0 Å². The smallest absolute Gasteiger partial charge is 0.0973 e. The molecule has 1 heterocycles. The van der Waals surface area contributed by atoms with Gasteiger partial charge < -0.3 is 0 Å². The molecule has 0 aromatic heterocycles. The van der Waals surface area contributed by atoms with E-state index in [1.165, 1.54) is 16.7 Å². The van der Waals surface area contributed by atoms with Gasteiger partial charge in [-0.3, -0.25) is 4.90 Å². The summed E-state index contributed by atoms with van der Waals surface area (Å²) in [4.78, 5) is 3.16. The maximum Gasteiger partial charge on any atom is 0.0973 e. The number of nitrogens with zero attached hydrogens (tertiary/aromatic N) is 1. The van der Waals surface area contributed by atoms with Crippen molar-refractivity contribution in [1.82, 2.24) is 4.90 Å². The van der Waals surface area contributed by atoms with Gasteiger partial charge in [0.2, 0.25) is 0 Å². The van der Waals surface area contributed by atoms with Gasteiger partial charge in [0.25, 0.3) is 0 Å². The Morgan fingerprint density at radius 2 is 0.317 bits per heavy atom. The van der Waals surface area contributed by atoms with E-state index in [-0.39, 0.29) is 10.8 Å². The first-order chi connectivity index (χ1) is 40.9. The van der Waals surface area contributed by atoms with E-state index in [1.807, 2.05) is 0 Å². The Morgan fingerprint density at radius 1 is 0.183 bits per heavy atom. The number of rotatable bonds is 4. The van der Waals surface area contributed by atoms with Gasteiger partial charge in [-0.25, -0.2) is 0 Å². The van der Waals surface area contributed by atoms with Crippen molar-refractivity contribution < 1.29 is 0 Å². The quantitative estimate of drug-likeness (QED) is 0.125. The van der Waals surface area contributed by atoms with E-state index in [9.17, 15) is 0 Å². The molecule has 1 nitrogen and oxygen atoms in total. The summed E-state index contributed by atoms with van der Waals surface area (Å²) in [5.41, 5.74) is 9.84. The van der Waals surface area contributed by atoms with E-state index in [4.69, 9.17) is 0 Å². The summed E-state index contributed by atoms with van der Waals surface area (Å²) < 4.78 is 0. The van der Waals surface area contributed by atoms with Crippen molar-refractivity contribution in [2.45, 2.75) is 16.4 Å². The molecule has 0 saturated carbocycles. The van der Waals surface area contributed by atoms with Gasteiger partial charge in [0.1, 0.15) is 0 Å². The highest BCUT2D eigenvalue weighted by molar-refractivity contribution is 6.82. The van der Waals surface area contributed by atoms with E-state index in [0.717, 1.165) is 13.1 Å². The maximum atomic E-state index is 3.16. The Hall–Kier alpha value is -9.92. The predicted molar refractivity (Wildman–Crippen MR) is 345 cm³/mol. The summed E-state index contributed by atoms with van der Waals surface area (Å²) in [6, 6.07) is 35.7. The molecule has 31 aromatic carbocycles. The van der Waals surface area contributed by atoms with Gasteiger partial charge in [0, 0.05) is 13.1 Å². The summed E-state index contributed by atoms with van der Waals surface area (Å²) in [7, 11) is 0. The molecule has 36 rings (SSSR count). The molecule has 0 atom stereocenters. The maximum absolute atomic E-state index is 3.16. The summed E-state index contributed by atoms with van der Waals surface area (Å²) in [6.45, 7) is 1.89. The summed E-state index contributed by atoms with van der Waals surface area (Å²) >= 11 is 0. The zero-order chi connectivity index (χ0) is 49.3. The Kier molecular flexibility index (Phi) is 3.09. The standard InChI is InChI=1S/C81H19N/c1-4-10-18(11-5-1)81(19-12-6-2-7-13-19,20-14-8-3-9-15-20)82-16-79-75-67-59-49-39-31-23-21-22-25-29-27(23)35-43-37(29)47-41-33(25)34-26(22)30-28-24(21)32(31)40-46-36(28)44-38(30)48-42(34)52-51(41)61-55(47)65-57(43)63(53(59)45(35)39)71(75)73(65)77-69(61)70-62(52)56(48)66-58(44)64-54(46)60(50(40)49)68(67)76(79)72(64)74(66)78(70)80(77,79)17-82/h1-15H,16-17H2. The van der Waals surface area contributed by atoms with Gasteiger partial charge in [-0.2, -0.15) is 0 Å². The van der Waals surface area contributed by atoms with Crippen molar-refractivity contribution in [3.63, 3.8) is 0 Å². The van der Waals surface area contributed by atoms with Crippen molar-refractivity contribution in [2.24, 2.45) is 0 Å². The van der Waals surface area contributed by atoms with Crippen LogP contribution in [0.2, 0.25) is 0 Å². The molecule has 0 radical (unpaired) electrons. The summed E-state index contributed by atoms with van der Waals surface area (Å²) in [5.74, 6) is 0. The van der Waals surface area contributed by atoms with Gasteiger partial charge in [-0.15, -0.1) is 0 Å². The first-order valence-electron chi connectivity index (χ1n) is 30.5. The molecule has 0 unspecified atom stereocenters. The Morgan fingerprint density at radius 3 is 0.463 bits per heavy atom. The average molecular weight is 1010 g/mol. The van der Waals surface area contributed by atoms with Crippen LogP contribution in [0.1, 0.15) is 38.9 Å². The lowest BCUT2D eigenvalue weighted by atomic mass is 9.50. The third-order valence-corrected chi connectivity index (χ3v) is 28.6. The van der Waals surface area contributed by atoms with Crippen molar-refractivity contribution in [3.05, 3.63) is 130 Å². The number of hydrogen-bond donors (Lipinski definition) is 0. The molecule has 0 bridgehead atoms. The van der Waals surface area contributed by atoms with Crippen molar-refractivity contribution in [1.29, 1.82) is 0 Å². The monoisotopic (exact) mass is 1010 g/mol. The zero-order valence-corrected chi connectivity index (χ0v) is 42.5. The Labute approximate surface area is 452 Å². The number of hydrogen-bond acceptors (Lipinski definition) is 1. The summed E-state index contributed by atoms with van der Waals surface area (Å²) in [5, 5.41) is 89.8. The minimum absolute atomic E-state index is 0.359. The first kappa shape index (κ1) is 32.4. The third kappa shape index (κ3) is 1.89. The second kappa shape index (κ2) is 7.84. The van der Waals surface area contributed by atoms with Crippen LogP contribution in [0.25, 0.3) is 291 Å². The van der Waals surface area contributed by atoms with Crippen molar-refractivity contribution in [2.75, 3.05) is 13.1 Å². The van der Waals surface area contributed by atoms with Crippen LogP contribution in [0.4, 0.5) is 0 Å². The molecule has 1 fully saturated rings. The van der Waals surface area contributed by atoms with Gasteiger partial charge in [-0.05, 0) is 330 Å². The second-order valence-corrected chi connectivity index (χ2v) is 29.2. The Bertz CT molecular complexity index is 7480. The molecule has 4 aliphatic carbocycles. The van der Waals surface area contributed by atoms with E-state index < -0.39 is 5.54 Å². The molecule has 1 aliphatic heterocycles. The fourth-order valence-corrected chi connectivity index (χ4v) is 28.1. The fraction of sp³-hybridized carbons (Fsp3) is 0.0617. The third-order valence-electron chi connectivity index (χ3n) is 28.6. The SMILES string of the molecule is c1ccc(C(c2ccccc2)(c2ccccc2)N2CC34c5c6c7c8c9c%10c(c%11c%12c3c3c5c5c%13c6c6c7c7c9c9c%14c%10c%10c%11c%11c%12c%12c3c3c5c5c%13c%13c6c6c7c9c7c9c%14c%10c%10c%11c%11c%12c3c3c5c5c%13c6c7c6c9c%10c%11c3c56)C84C2)cc1. The van der Waals surface area contributed by atoms with E-state index in [1.54, 1.807) is 313 Å². The minimum atomic E-state index is -0.587. The van der Waals surface area contributed by atoms with Gasteiger partial charge in [0.15, 0.2) is 0 Å². The topological polar surface area (TPSA) is 3.24 Å². The first-order valence-corrected chi connectivity index (χ1v) is 30.5. The molecular weight excluding hydrogens is 987 g/mol. The Balaban J connectivity index is 0.992. The molecule has 0 amide bonds. The van der Waals surface area contributed by atoms with Crippen molar-refractivity contribution >= 4 is 291 Å². The van der Waals surface area contributed by atoms with Crippen LogP contribution >= 0.6 is 0 Å². The number of benzene rings is 21. The fourth-order valence-electron chi connectivity index (χ4n) is 28.1. The van der Waals surface area contributed by atoms with Crippen LogP contribution in [0, 0.1) is 0 Å². The average Bonchev–Trinajstić information content (AvgIpc) is 1.45. The lowest BCUT2D eigenvalue weighted by Gasteiger charge is -2.49. The normalized spacial score (nSPS) is 21.4. The van der Waals surface area contributed by atoms with Crippen molar-refractivity contribution in [3.8, 4) is 0 Å². The minimum Gasteiger partial charge on any atom is -0.284 e. The van der Waals surface area contributed by atoms with Gasteiger partial charge in [-0.1, -0.05) is 91.0 Å². The molecule has 2 spiro atoms. The van der Waals surface area contributed by atoms with Crippen LogP contribution in [0.3, 0.4) is 0 Å². The molecule has 5 aliphatic rings. The molecular formula is C81H19N. The van der Waals surface area contributed by atoms with Crippen LogP contribution < -0.4 is 0 Å². The van der Waals surface area contributed by atoms with Crippen LogP contribution in [0.15, 0.2) is 91.0 Å². The van der Waals surface area contributed by atoms with Gasteiger partial charge in [0.05, 0.1) is 16.4 Å². The van der Waals surface area contributed by atoms with E-state index in [0.29, 0.717) is 0 Å². The van der Waals surface area contributed by atoms with Gasteiger partial charge >= 0.3 is 0 Å². The highest BCUT2D eigenvalue weighted by Crippen LogP contribution is 2.85. The zero-order valence-electron chi connectivity index (χ0n) is 42.5.